The van der Waals surface area contributed by atoms with Gasteiger partial charge in [0.2, 0.25) is 0 Å². The summed E-state index contributed by atoms with van der Waals surface area (Å²) in [6, 6.07) is 17.1. The molecule has 0 saturated carbocycles. The molecule has 0 atom stereocenters. The summed E-state index contributed by atoms with van der Waals surface area (Å²) in [4.78, 5) is 10.7. The van der Waals surface area contributed by atoms with Crippen molar-refractivity contribution in [1.29, 1.82) is 0 Å². The molecule has 0 N–H and O–H groups in total. The molecule has 0 aliphatic carbocycles. The first-order chi connectivity index (χ1) is 30.4. The Kier molecular flexibility index (Phi) is 12.7. The molecule has 25 heteroatoms. The van der Waals surface area contributed by atoms with Crippen LogP contribution in [-0.4, -0.2) is 11.1 Å². The van der Waals surface area contributed by atoms with E-state index in [1.54, 1.807) is 6.07 Å². The predicted molar refractivity (Wildman–Crippen MR) is 186 cm³/mol. The third-order valence-corrected chi connectivity index (χ3v) is 9.97. The summed E-state index contributed by atoms with van der Waals surface area (Å²) >= 11 is 0. The molecule has 0 amide bonds. The Morgan fingerprint density at radius 3 is 1.02 bits per heavy atom. The van der Waals surface area contributed by atoms with Gasteiger partial charge in [0.25, 0.3) is 5.69 Å². The van der Waals surface area contributed by atoms with Crippen LogP contribution in [0, 0.1) is 126 Å². The summed E-state index contributed by atoms with van der Waals surface area (Å²) in [5.74, 6) is -71.4. The summed E-state index contributed by atoms with van der Waals surface area (Å²) < 4.78 is 296. The standard InChI is InChI=1S/C24BF20.C16H13N2O2/c26-5-1(6(27)14(35)21(42)13(5)34)25(2-7(28)15(36)22(43)16(37)8(2)29,3-9(30)17(38)23(44)18(39)10(3)31)4-11(32)19(40)24(45)20(41)12(4)33;19-18(20)16-8-4-7-14-9-10-17(12-15(14)16)11-13-5-2-1-3-6-13/h;1-10,12H,11H2/q-1;+1. The van der Waals surface area contributed by atoms with Gasteiger partial charge in [-0.1, -0.05) is 42.5 Å². The van der Waals surface area contributed by atoms with Crippen LogP contribution in [0.4, 0.5) is 93.5 Å². The highest BCUT2D eigenvalue weighted by molar-refractivity contribution is 7.20. The lowest BCUT2D eigenvalue weighted by Gasteiger charge is -2.44. The molecule has 1 aromatic heterocycles. The van der Waals surface area contributed by atoms with Crippen molar-refractivity contribution >= 4 is 44.5 Å². The predicted octanol–water partition coefficient (Wildman–Crippen LogP) is 8.93. The molecular weight excluding hydrogens is 931 g/mol. The first kappa shape index (κ1) is 47.3. The van der Waals surface area contributed by atoms with Gasteiger partial charge in [-0.2, -0.15) is 4.57 Å². The first-order valence-electron chi connectivity index (χ1n) is 17.3. The zero-order valence-electron chi connectivity index (χ0n) is 30.9. The molecule has 0 aliphatic heterocycles. The number of pyridine rings is 1. The van der Waals surface area contributed by atoms with Crippen molar-refractivity contribution in [3.63, 3.8) is 0 Å². The SMILES string of the molecule is Fc1c(F)c(F)c([B-](c2c(F)c(F)c(F)c(F)c2F)(c2c(F)c(F)c(F)c(F)c2F)c2c(F)c(F)c(F)c(F)c2F)c(F)c1F.O=[N+]([O-])c1cccc2cc[n+](Cc3ccccc3)cc12. The van der Waals surface area contributed by atoms with E-state index in [-0.39, 0.29) is 10.6 Å². The highest BCUT2D eigenvalue weighted by Gasteiger charge is 2.52. The van der Waals surface area contributed by atoms with Crippen LogP contribution >= 0.6 is 0 Å². The van der Waals surface area contributed by atoms with E-state index in [0.29, 0.717) is 11.9 Å². The summed E-state index contributed by atoms with van der Waals surface area (Å²) in [6.45, 7) is 0.697. The third kappa shape index (κ3) is 7.40. The molecule has 6 aromatic carbocycles. The number of hydrogen-bond acceptors (Lipinski definition) is 2. The number of benzene rings is 6. The van der Waals surface area contributed by atoms with Crippen LogP contribution in [-0.2, 0) is 6.54 Å². The minimum atomic E-state index is -7.22. The maximum atomic E-state index is 15.4. The normalized spacial score (nSPS) is 11.6. The average molecular weight is 944 g/mol. The van der Waals surface area contributed by atoms with Gasteiger partial charge in [0.15, 0.2) is 88.7 Å². The van der Waals surface area contributed by atoms with E-state index < -0.39 is 144 Å². The van der Waals surface area contributed by atoms with Gasteiger partial charge in [-0.25, -0.2) is 87.8 Å². The lowest BCUT2D eigenvalue weighted by atomic mass is 9.12. The summed E-state index contributed by atoms with van der Waals surface area (Å²) in [6.07, 6.45) is -3.44. The molecule has 0 spiro atoms. The zero-order chi connectivity index (χ0) is 48.3. The Bertz CT molecular complexity index is 2740. The van der Waals surface area contributed by atoms with Crippen LogP contribution in [0.15, 0.2) is 67.0 Å². The highest BCUT2D eigenvalue weighted by atomic mass is 19.2. The number of fused-ring (bicyclic) bond motifs is 1. The van der Waals surface area contributed by atoms with Crippen molar-refractivity contribution < 1.29 is 97.3 Å². The van der Waals surface area contributed by atoms with Crippen LogP contribution in [0.1, 0.15) is 5.56 Å². The maximum Gasteiger partial charge on any atom is 0.283 e. The van der Waals surface area contributed by atoms with Crippen molar-refractivity contribution in [3.05, 3.63) is 199 Å². The van der Waals surface area contributed by atoms with Gasteiger partial charge in [0.05, 0.1) is 4.92 Å². The van der Waals surface area contributed by atoms with Gasteiger partial charge in [-0.05, 0) is 0 Å². The second kappa shape index (κ2) is 17.4. The number of nitro benzene ring substituents is 1. The van der Waals surface area contributed by atoms with E-state index in [9.17, 15) is 62.8 Å². The largest absolute Gasteiger partial charge is 0.283 e. The van der Waals surface area contributed by atoms with E-state index in [4.69, 9.17) is 0 Å². The van der Waals surface area contributed by atoms with E-state index in [2.05, 4.69) is 0 Å². The van der Waals surface area contributed by atoms with Crippen LogP contribution in [0.5, 0.6) is 0 Å². The molecular formula is C40H13BF20N2O2. The molecule has 338 valence electrons. The van der Waals surface area contributed by atoms with Crippen LogP contribution < -0.4 is 26.4 Å². The molecule has 7 rings (SSSR count). The number of non-ortho nitro benzene ring substituents is 1. The van der Waals surface area contributed by atoms with Gasteiger partial charge >= 0.3 is 0 Å². The average Bonchev–Trinajstić information content (AvgIpc) is 3.29. The number of rotatable bonds is 7. The lowest BCUT2D eigenvalue weighted by Crippen LogP contribution is -2.81. The van der Waals surface area contributed by atoms with Gasteiger partial charge in [-0.15, -0.1) is 21.9 Å². The van der Waals surface area contributed by atoms with E-state index >= 15 is 35.1 Å². The van der Waals surface area contributed by atoms with Crippen molar-refractivity contribution in [2.45, 2.75) is 6.54 Å². The third-order valence-electron chi connectivity index (χ3n) is 9.97. The molecule has 0 fully saturated rings. The summed E-state index contributed by atoms with van der Waals surface area (Å²) in [5, 5.41) is 12.6. The topological polar surface area (TPSA) is 47.0 Å². The fourth-order valence-corrected chi connectivity index (χ4v) is 7.17. The Morgan fingerprint density at radius 2 is 0.708 bits per heavy atom. The Balaban J connectivity index is 0.000000289. The smallest absolute Gasteiger partial charge is 0.258 e. The number of nitro groups is 1. The first-order valence-corrected chi connectivity index (χ1v) is 17.3. The molecule has 7 aromatic rings. The number of aromatic nitrogens is 1. The van der Waals surface area contributed by atoms with Gasteiger partial charge in [-0.3, -0.25) is 10.1 Å². The van der Waals surface area contributed by atoms with Crippen molar-refractivity contribution in [3.8, 4) is 0 Å². The molecule has 1 heterocycles. The molecule has 0 radical (unpaired) electrons. The molecule has 65 heavy (non-hydrogen) atoms. The van der Waals surface area contributed by atoms with Gasteiger partial charge < -0.3 is 0 Å². The minimum absolute atomic E-state index is 0.143. The number of halogens is 20. The molecule has 0 unspecified atom stereocenters. The number of hydrogen-bond donors (Lipinski definition) is 0. The Labute approximate surface area is 347 Å². The Morgan fingerprint density at radius 1 is 0.400 bits per heavy atom. The zero-order valence-corrected chi connectivity index (χ0v) is 30.9. The Hall–Kier alpha value is -7.21. The summed E-state index contributed by atoms with van der Waals surface area (Å²) in [5.41, 5.74) is -13.0. The summed E-state index contributed by atoms with van der Waals surface area (Å²) in [7, 11) is 0. The van der Waals surface area contributed by atoms with Gasteiger partial charge in [0, 0.05) is 23.1 Å². The van der Waals surface area contributed by atoms with E-state index in [1.165, 1.54) is 6.07 Å². The highest BCUT2D eigenvalue weighted by Crippen LogP contribution is 2.31. The second-order valence-electron chi connectivity index (χ2n) is 13.4. The van der Waals surface area contributed by atoms with Crippen molar-refractivity contribution in [2.75, 3.05) is 0 Å². The fraction of sp³-hybridized carbons (Fsp3) is 0.0250. The molecule has 0 saturated heterocycles. The monoisotopic (exact) mass is 944 g/mol. The quantitative estimate of drug-likeness (QED) is 0.0305. The molecule has 4 nitrogen and oxygen atoms in total. The van der Waals surface area contributed by atoms with Gasteiger partial charge in [0.1, 0.15) is 58.1 Å². The minimum Gasteiger partial charge on any atom is -0.258 e. The maximum absolute atomic E-state index is 15.4. The lowest BCUT2D eigenvalue weighted by molar-refractivity contribution is -0.687. The van der Waals surface area contributed by atoms with Crippen LogP contribution in [0.3, 0.4) is 0 Å². The van der Waals surface area contributed by atoms with E-state index in [1.807, 2.05) is 59.4 Å². The second-order valence-corrected chi connectivity index (χ2v) is 13.4. The molecule has 0 aliphatic rings. The van der Waals surface area contributed by atoms with Crippen LogP contribution in [0.2, 0.25) is 0 Å². The fourth-order valence-electron chi connectivity index (χ4n) is 7.17. The van der Waals surface area contributed by atoms with E-state index in [0.717, 1.165) is 10.9 Å². The van der Waals surface area contributed by atoms with Crippen LogP contribution in [0.25, 0.3) is 10.8 Å². The van der Waals surface area contributed by atoms with Crippen molar-refractivity contribution in [1.82, 2.24) is 0 Å². The van der Waals surface area contributed by atoms with Crippen molar-refractivity contribution in [2.24, 2.45) is 0 Å². The number of nitrogens with zero attached hydrogens (tertiary/aromatic N) is 2. The molecule has 0 bridgehead atoms.